The molecule has 0 aliphatic carbocycles. The Morgan fingerprint density at radius 3 is 2.90 bits per heavy atom. The first kappa shape index (κ1) is 13.7. The third-order valence-electron chi connectivity index (χ3n) is 3.49. The van der Waals surface area contributed by atoms with Crippen molar-refractivity contribution >= 4 is 11.6 Å². The predicted octanol–water partition coefficient (Wildman–Crippen LogP) is 0.712. The van der Waals surface area contributed by atoms with Crippen molar-refractivity contribution in [2.75, 3.05) is 11.9 Å². The van der Waals surface area contributed by atoms with E-state index in [4.69, 9.17) is 10.5 Å². The van der Waals surface area contributed by atoms with Gasteiger partial charge in [0.1, 0.15) is 18.8 Å². The fourth-order valence-corrected chi connectivity index (χ4v) is 2.37. The quantitative estimate of drug-likeness (QED) is 0.863. The third-order valence-corrected chi connectivity index (χ3v) is 3.49. The van der Waals surface area contributed by atoms with E-state index in [1.54, 1.807) is 17.2 Å². The van der Waals surface area contributed by atoms with Gasteiger partial charge in [0.15, 0.2) is 0 Å². The van der Waals surface area contributed by atoms with E-state index in [-0.39, 0.29) is 12.0 Å². The van der Waals surface area contributed by atoms with Crippen LogP contribution in [0, 0.1) is 0 Å². The second-order valence-corrected chi connectivity index (χ2v) is 4.97. The molecule has 0 spiro atoms. The lowest BCUT2D eigenvalue weighted by Gasteiger charge is -2.13. The smallest absolute Gasteiger partial charge is 0.253 e. The molecule has 0 radical (unpaired) electrons. The highest BCUT2D eigenvalue weighted by Gasteiger charge is 2.29. The van der Waals surface area contributed by atoms with Gasteiger partial charge in [-0.2, -0.15) is 0 Å². The number of carbonyl (C=O) groups excluding carboxylic acids is 1. The van der Waals surface area contributed by atoms with Crippen molar-refractivity contribution in [3.63, 3.8) is 0 Å². The first-order valence-corrected chi connectivity index (χ1v) is 6.87. The van der Waals surface area contributed by atoms with Gasteiger partial charge in [0.2, 0.25) is 0 Å². The van der Waals surface area contributed by atoms with Crippen LogP contribution >= 0.6 is 0 Å². The molecule has 1 aromatic carbocycles. The van der Waals surface area contributed by atoms with Crippen LogP contribution in [0.25, 0.3) is 5.69 Å². The monoisotopic (exact) mass is 287 g/mol. The number of benzene rings is 1. The number of anilines is 1. The van der Waals surface area contributed by atoms with Crippen LogP contribution in [0.5, 0.6) is 0 Å². The molecule has 1 saturated heterocycles. The van der Waals surface area contributed by atoms with Crippen LogP contribution in [0.15, 0.2) is 36.9 Å². The minimum atomic E-state index is -0.419. The van der Waals surface area contributed by atoms with Crippen molar-refractivity contribution in [3.8, 4) is 5.69 Å². The molecule has 3 N–H and O–H groups in total. The molecular formula is C14H17N5O2. The number of nitrogens with two attached hydrogens (primary N) is 1. The van der Waals surface area contributed by atoms with Gasteiger partial charge in [-0.25, -0.2) is 0 Å². The van der Waals surface area contributed by atoms with Crippen molar-refractivity contribution in [2.24, 2.45) is 5.73 Å². The molecule has 2 aromatic rings. The van der Waals surface area contributed by atoms with E-state index in [0.717, 1.165) is 12.1 Å². The molecule has 2 atom stereocenters. The van der Waals surface area contributed by atoms with Crippen LogP contribution < -0.4 is 11.1 Å². The molecule has 110 valence electrons. The lowest BCUT2D eigenvalue weighted by Crippen LogP contribution is -2.29. The zero-order chi connectivity index (χ0) is 14.7. The van der Waals surface area contributed by atoms with Crippen molar-refractivity contribution in [2.45, 2.75) is 25.0 Å². The summed E-state index contributed by atoms with van der Waals surface area (Å²) in [5.41, 5.74) is 7.15. The van der Waals surface area contributed by atoms with Crippen molar-refractivity contribution < 1.29 is 9.53 Å². The molecule has 1 fully saturated rings. The SMILES string of the molecule is NCC1CCC(C(=O)Nc2cccc(-n3cnnc3)c2)O1. The molecule has 21 heavy (non-hydrogen) atoms. The van der Waals surface area contributed by atoms with Crippen LogP contribution in [0.3, 0.4) is 0 Å². The van der Waals surface area contributed by atoms with Crippen LogP contribution in [0.4, 0.5) is 5.69 Å². The van der Waals surface area contributed by atoms with Crippen molar-refractivity contribution in [3.05, 3.63) is 36.9 Å². The fraction of sp³-hybridized carbons (Fsp3) is 0.357. The number of nitrogens with zero attached hydrogens (tertiary/aromatic N) is 3. The molecular weight excluding hydrogens is 270 g/mol. The summed E-state index contributed by atoms with van der Waals surface area (Å²) in [5, 5.41) is 10.4. The Morgan fingerprint density at radius 2 is 2.19 bits per heavy atom. The molecule has 7 heteroatoms. The normalized spacial score (nSPS) is 21.4. The first-order valence-electron chi connectivity index (χ1n) is 6.87. The highest BCUT2D eigenvalue weighted by atomic mass is 16.5. The molecule has 7 nitrogen and oxygen atoms in total. The second kappa shape index (κ2) is 6.02. The van der Waals surface area contributed by atoms with Crippen LogP contribution in [-0.2, 0) is 9.53 Å². The van der Waals surface area contributed by atoms with E-state index in [9.17, 15) is 4.79 Å². The van der Waals surface area contributed by atoms with Gasteiger partial charge >= 0.3 is 0 Å². The van der Waals surface area contributed by atoms with Crippen LogP contribution in [-0.4, -0.2) is 39.4 Å². The topological polar surface area (TPSA) is 95.1 Å². The maximum Gasteiger partial charge on any atom is 0.253 e. The highest BCUT2D eigenvalue weighted by molar-refractivity contribution is 5.94. The van der Waals surface area contributed by atoms with Gasteiger partial charge in [0.05, 0.1) is 11.8 Å². The van der Waals surface area contributed by atoms with Crippen molar-refractivity contribution in [1.82, 2.24) is 14.8 Å². The molecule has 2 unspecified atom stereocenters. The first-order chi connectivity index (χ1) is 10.3. The summed E-state index contributed by atoms with van der Waals surface area (Å²) in [4.78, 5) is 12.2. The van der Waals surface area contributed by atoms with E-state index < -0.39 is 6.10 Å². The lowest BCUT2D eigenvalue weighted by molar-refractivity contribution is -0.126. The molecule has 0 bridgehead atoms. The van der Waals surface area contributed by atoms with Crippen LogP contribution in [0.1, 0.15) is 12.8 Å². The largest absolute Gasteiger partial charge is 0.364 e. The standard InChI is InChI=1S/C14H17N5O2/c15-7-12-4-5-13(21-12)14(20)18-10-2-1-3-11(6-10)19-8-16-17-9-19/h1-3,6,8-9,12-13H,4-5,7,15H2,(H,18,20). The number of amides is 1. The Hall–Kier alpha value is -2.25. The number of aromatic nitrogens is 3. The van der Waals surface area contributed by atoms with Gasteiger partial charge in [-0.3, -0.25) is 9.36 Å². The Morgan fingerprint density at radius 1 is 1.38 bits per heavy atom. The van der Waals surface area contributed by atoms with Gasteiger partial charge in [0.25, 0.3) is 5.91 Å². The summed E-state index contributed by atoms with van der Waals surface area (Å²) in [6, 6.07) is 7.47. The molecule has 1 aliphatic rings. The zero-order valence-corrected chi connectivity index (χ0v) is 11.5. The number of hydrogen-bond acceptors (Lipinski definition) is 5. The van der Waals surface area contributed by atoms with E-state index in [1.807, 2.05) is 24.3 Å². The summed E-state index contributed by atoms with van der Waals surface area (Å²) in [7, 11) is 0. The van der Waals surface area contributed by atoms with E-state index in [0.29, 0.717) is 18.7 Å². The fourth-order valence-electron chi connectivity index (χ4n) is 2.37. The number of hydrogen-bond donors (Lipinski definition) is 2. The minimum absolute atomic E-state index is 0.0101. The minimum Gasteiger partial charge on any atom is -0.364 e. The molecule has 3 rings (SSSR count). The Kier molecular flexibility index (Phi) is 3.94. The van der Waals surface area contributed by atoms with Gasteiger partial charge in [0, 0.05) is 12.2 Å². The van der Waals surface area contributed by atoms with Crippen molar-refractivity contribution in [1.29, 1.82) is 0 Å². The van der Waals surface area contributed by atoms with E-state index in [1.165, 1.54) is 0 Å². The Balaban J connectivity index is 1.68. The number of rotatable bonds is 4. The Bertz CT molecular complexity index is 614. The molecule has 2 heterocycles. The average molecular weight is 287 g/mol. The molecule has 1 amide bonds. The zero-order valence-electron chi connectivity index (χ0n) is 11.5. The van der Waals surface area contributed by atoms with Crippen LogP contribution in [0.2, 0.25) is 0 Å². The maximum atomic E-state index is 12.2. The summed E-state index contributed by atoms with van der Waals surface area (Å²) in [6.07, 6.45) is 4.31. The summed E-state index contributed by atoms with van der Waals surface area (Å²) in [5.74, 6) is -0.133. The molecule has 0 saturated carbocycles. The van der Waals surface area contributed by atoms with Gasteiger partial charge in [-0.15, -0.1) is 10.2 Å². The number of carbonyl (C=O) groups is 1. The average Bonchev–Trinajstić information content (AvgIpc) is 3.19. The second-order valence-electron chi connectivity index (χ2n) is 4.97. The molecule has 1 aliphatic heterocycles. The summed E-state index contributed by atoms with van der Waals surface area (Å²) >= 11 is 0. The number of nitrogens with one attached hydrogen (secondary N) is 1. The number of ether oxygens (including phenoxy) is 1. The lowest BCUT2D eigenvalue weighted by atomic mass is 10.2. The van der Waals surface area contributed by atoms with Gasteiger partial charge in [-0.1, -0.05) is 6.07 Å². The molecule has 1 aromatic heterocycles. The predicted molar refractivity (Wildman–Crippen MR) is 76.9 cm³/mol. The maximum absolute atomic E-state index is 12.2. The van der Waals surface area contributed by atoms with E-state index >= 15 is 0 Å². The highest BCUT2D eigenvalue weighted by Crippen LogP contribution is 2.21. The van der Waals surface area contributed by atoms with E-state index in [2.05, 4.69) is 15.5 Å². The van der Waals surface area contributed by atoms with Gasteiger partial charge in [-0.05, 0) is 31.0 Å². The third kappa shape index (κ3) is 3.09. The summed E-state index contributed by atoms with van der Waals surface area (Å²) in [6.45, 7) is 0.451. The van der Waals surface area contributed by atoms with Gasteiger partial charge < -0.3 is 15.8 Å². The Labute approximate surface area is 122 Å². The summed E-state index contributed by atoms with van der Waals surface area (Å²) < 4.78 is 7.35.